The van der Waals surface area contributed by atoms with Crippen molar-refractivity contribution >= 4 is 0 Å². The molecule has 1 heteroatoms. The Bertz CT molecular complexity index is 769. The Morgan fingerprint density at radius 2 is 1.71 bits per heavy atom. The first kappa shape index (κ1) is 23.6. The van der Waals surface area contributed by atoms with Gasteiger partial charge in [0.05, 0.1) is 6.10 Å². The van der Waals surface area contributed by atoms with Crippen molar-refractivity contribution in [2.24, 2.45) is 38.9 Å². The lowest BCUT2D eigenvalue weighted by Gasteiger charge is -2.69. The van der Waals surface area contributed by atoms with Crippen LogP contribution in [0, 0.1) is 38.9 Å². The van der Waals surface area contributed by atoms with Crippen molar-refractivity contribution in [2.75, 3.05) is 0 Å². The third kappa shape index (κ3) is 3.51. The van der Waals surface area contributed by atoms with Gasteiger partial charge in [-0.2, -0.15) is 0 Å². The summed E-state index contributed by atoms with van der Waals surface area (Å²) in [5, 5.41) is 10.8. The molecule has 0 aromatic heterocycles. The van der Waals surface area contributed by atoms with Crippen molar-refractivity contribution in [1.82, 2.24) is 0 Å². The molecule has 0 radical (unpaired) electrons. The molecule has 0 aromatic rings. The van der Waals surface area contributed by atoms with E-state index in [4.69, 9.17) is 0 Å². The molecule has 4 aliphatic carbocycles. The molecule has 0 spiro atoms. The fraction of sp³-hybridized carbons (Fsp3) is 0.867. The Labute approximate surface area is 193 Å². The standard InChI is InChI=1S/C30H50O/c1-21(2)10-9-15-27(5)16-19-30(8)24-13-11-22-23(12-14-25(31)26(22,3)4)29(24,7)18-17-28(30,6)20-27/h10-11,23-25,31H,9,12-20H2,1-8H3/t23-,24+,25+,27-,28+,29+,30-/m1/s1. The molecule has 0 saturated heterocycles. The van der Waals surface area contributed by atoms with Crippen molar-refractivity contribution in [2.45, 2.75) is 126 Å². The second-order valence-corrected chi connectivity index (χ2v) is 14.1. The topological polar surface area (TPSA) is 20.2 Å². The molecule has 0 aromatic carbocycles. The molecule has 1 nitrogen and oxygen atoms in total. The first-order valence-corrected chi connectivity index (χ1v) is 13.3. The van der Waals surface area contributed by atoms with Crippen molar-refractivity contribution in [3.63, 3.8) is 0 Å². The summed E-state index contributed by atoms with van der Waals surface area (Å²) in [4.78, 5) is 0. The molecule has 3 fully saturated rings. The average Bonchev–Trinajstić information content (AvgIpc) is 2.66. The lowest BCUT2D eigenvalue weighted by atomic mass is 9.35. The highest BCUT2D eigenvalue weighted by atomic mass is 16.3. The Hall–Kier alpha value is -0.560. The van der Waals surface area contributed by atoms with Gasteiger partial charge in [0.25, 0.3) is 0 Å². The summed E-state index contributed by atoms with van der Waals surface area (Å²) < 4.78 is 0. The number of hydrogen-bond donors (Lipinski definition) is 1. The van der Waals surface area contributed by atoms with Crippen LogP contribution in [-0.2, 0) is 0 Å². The van der Waals surface area contributed by atoms with Crippen molar-refractivity contribution in [1.29, 1.82) is 0 Å². The van der Waals surface area contributed by atoms with E-state index >= 15 is 0 Å². The van der Waals surface area contributed by atoms with Crippen LogP contribution in [0.4, 0.5) is 0 Å². The highest BCUT2D eigenvalue weighted by Crippen LogP contribution is 2.73. The van der Waals surface area contributed by atoms with E-state index in [-0.39, 0.29) is 11.5 Å². The van der Waals surface area contributed by atoms with Crippen molar-refractivity contribution < 1.29 is 5.11 Å². The average molecular weight is 427 g/mol. The highest BCUT2D eigenvalue weighted by Gasteiger charge is 2.65. The lowest BCUT2D eigenvalue weighted by Crippen LogP contribution is -2.61. The molecule has 4 rings (SSSR count). The molecule has 0 aliphatic heterocycles. The number of rotatable bonds is 3. The fourth-order valence-electron chi connectivity index (χ4n) is 9.20. The SMILES string of the molecule is CC(C)=CCC[C@]1(C)CC[C@]2(C)[C@H]3CC=C4[C@@H](CC[C@H](O)C4(C)C)[C@]3(C)CC[C@@]2(C)C1. The zero-order valence-corrected chi connectivity index (χ0v) is 21.9. The minimum Gasteiger partial charge on any atom is -0.392 e. The van der Waals surface area contributed by atoms with Crippen LogP contribution in [-0.4, -0.2) is 11.2 Å². The molecule has 3 saturated carbocycles. The highest BCUT2D eigenvalue weighted by molar-refractivity contribution is 5.30. The van der Waals surface area contributed by atoms with E-state index in [1.165, 1.54) is 63.4 Å². The third-order valence-electron chi connectivity index (χ3n) is 11.6. The summed E-state index contributed by atoms with van der Waals surface area (Å²) in [6, 6.07) is 0. The smallest absolute Gasteiger partial charge is 0.0628 e. The van der Waals surface area contributed by atoms with E-state index < -0.39 is 0 Å². The number of hydrogen-bond acceptors (Lipinski definition) is 1. The van der Waals surface area contributed by atoms with Gasteiger partial charge in [0.2, 0.25) is 0 Å². The zero-order chi connectivity index (χ0) is 22.9. The van der Waals surface area contributed by atoms with Gasteiger partial charge in [-0.05, 0) is 112 Å². The minimum atomic E-state index is -0.171. The van der Waals surface area contributed by atoms with Gasteiger partial charge >= 0.3 is 0 Å². The van der Waals surface area contributed by atoms with E-state index in [0.717, 1.165) is 12.3 Å². The summed E-state index contributed by atoms with van der Waals surface area (Å²) in [6.07, 6.45) is 17.9. The molecule has 1 N–H and O–H groups in total. The van der Waals surface area contributed by atoms with Crippen LogP contribution in [0.2, 0.25) is 0 Å². The number of fused-ring (bicyclic) bond motifs is 5. The van der Waals surface area contributed by atoms with Crippen LogP contribution in [0.1, 0.15) is 120 Å². The molecule has 0 amide bonds. The Kier molecular flexibility index (Phi) is 5.69. The van der Waals surface area contributed by atoms with Gasteiger partial charge in [0.15, 0.2) is 0 Å². The molecular formula is C30H50O. The minimum absolute atomic E-state index is 0.0470. The summed E-state index contributed by atoms with van der Waals surface area (Å²) in [7, 11) is 0. The second-order valence-electron chi connectivity index (χ2n) is 14.1. The van der Waals surface area contributed by atoms with Crippen LogP contribution >= 0.6 is 0 Å². The maximum absolute atomic E-state index is 10.8. The van der Waals surface area contributed by atoms with E-state index in [2.05, 4.69) is 67.5 Å². The molecule has 7 atom stereocenters. The van der Waals surface area contributed by atoms with E-state index in [0.29, 0.717) is 27.6 Å². The molecule has 0 bridgehead atoms. The number of aliphatic hydroxyl groups excluding tert-OH is 1. The van der Waals surface area contributed by atoms with Gasteiger partial charge in [-0.1, -0.05) is 64.8 Å². The monoisotopic (exact) mass is 426 g/mol. The summed E-state index contributed by atoms with van der Waals surface area (Å²) in [5.74, 6) is 1.47. The van der Waals surface area contributed by atoms with Crippen LogP contribution in [0.5, 0.6) is 0 Å². The van der Waals surface area contributed by atoms with Crippen molar-refractivity contribution in [3.05, 3.63) is 23.3 Å². The molecular weight excluding hydrogens is 376 g/mol. The fourth-order valence-corrected chi connectivity index (χ4v) is 9.20. The van der Waals surface area contributed by atoms with E-state index in [1.807, 2.05) is 0 Å². The number of allylic oxidation sites excluding steroid dienone is 3. The first-order chi connectivity index (χ1) is 14.3. The van der Waals surface area contributed by atoms with Gasteiger partial charge in [-0.3, -0.25) is 0 Å². The molecule has 0 unspecified atom stereocenters. The third-order valence-corrected chi connectivity index (χ3v) is 11.6. The quantitative estimate of drug-likeness (QED) is 0.449. The summed E-state index contributed by atoms with van der Waals surface area (Å²) >= 11 is 0. The van der Waals surface area contributed by atoms with Crippen LogP contribution in [0.3, 0.4) is 0 Å². The molecule has 4 aliphatic rings. The van der Waals surface area contributed by atoms with Crippen LogP contribution in [0.15, 0.2) is 23.3 Å². The largest absolute Gasteiger partial charge is 0.392 e. The number of aliphatic hydroxyl groups is 1. The zero-order valence-electron chi connectivity index (χ0n) is 21.9. The maximum Gasteiger partial charge on any atom is 0.0628 e. The Morgan fingerprint density at radius 1 is 1.00 bits per heavy atom. The molecule has 31 heavy (non-hydrogen) atoms. The Balaban J connectivity index is 1.63. The normalized spacial score (nSPS) is 48.7. The van der Waals surface area contributed by atoms with Crippen LogP contribution < -0.4 is 0 Å². The predicted molar refractivity (Wildman–Crippen MR) is 133 cm³/mol. The van der Waals surface area contributed by atoms with Gasteiger partial charge in [0.1, 0.15) is 0 Å². The van der Waals surface area contributed by atoms with Gasteiger partial charge in [-0.15, -0.1) is 0 Å². The molecule has 0 heterocycles. The maximum atomic E-state index is 10.8. The van der Waals surface area contributed by atoms with Gasteiger partial charge in [-0.25, -0.2) is 0 Å². The lowest BCUT2D eigenvalue weighted by molar-refractivity contribution is -0.183. The Morgan fingerprint density at radius 3 is 2.39 bits per heavy atom. The van der Waals surface area contributed by atoms with Gasteiger partial charge < -0.3 is 5.11 Å². The molecule has 176 valence electrons. The van der Waals surface area contributed by atoms with E-state index in [9.17, 15) is 5.11 Å². The van der Waals surface area contributed by atoms with Gasteiger partial charge in [0, 0.05) is 5.41 Å². The van der Waals surface area contributed by atoms with Crippen molar-refractivity contribution in [3.8, 4) is 0 Å². The summed E-state index contributed by atoms with van der Waals surface area (Å²) in [6.45, 7) is 19.7. The van der Waals surface area contributed by atoms with Crippen LogP contribution in [0.25, 0.3) is 0 Å². The second kappa shape index (κ2) is 7.48. The first-order valence-electron chi connectivity index (χ1n) is 13.3. The predicted octanol–water partition coefficient (Wildman–Crippen LogP) is 8.48. The van der Waals surface area contributed by atoms with E-state index in [1.54, 1.807) is 5.57 Å². The summed E-state index contributed by atoms with van der Waals surface area (Å²) in [5.41, 5.74) is 4.83.